The number of aryl methyl sites for hydroxylation is 2. The van der Waals surface area contributed by atoms with Crippen LogP contribution in [0.25, 0.3) is 0 Å². The van der Waals surface area contributed by atoms with Crippen LogP contribution in [-0.2, 0) is 0 Å². The number of hydrogen-bond donors (Lipinski definition) is 1. The van der Waals surface area contributed by atoms with Gasteiger partial charge in [-0.25, -0.2) is 0 Å². The fourth-order valence-corrected chi connectivity index (χ4v) is 3.79. The van der Waals surface area contributed by atoms with E-state index in [-0.39, 0.29) is 5.54 Å². The van der Waals surface area contributed by atoms with Crippen LogP contribution in [-0.4, -0.2) is 30.6 Å². The first kappa shape index (κ1) is 16.5. The quantitative estimate of drug-likeness (QED) is 0.892. The first-order valence-corrected chi connectivity index (χ1v) is 8.46. The van der Waals surface area contributed by atoms with Gasteiger partial charge in [0.15, 0.2) is 0 Å². The molecule has 0 spiro atoms. The van der Waals surface area contributed by atoms with Crippen molar-refractivity contribution in [2.45, 2.75) is 65.0 Å². The Morgan fingerprint density at radius 2 is 1.67 bits per heavy atom. The van der Waals surface area contributed by atoms with Gasteiger partial charge in [-0.1, -0.05) is 36.6 Å². The minimum absolute atomic E-state index is 0.137. The van der Waals surface area contributed by atoms with Gasteiger partial charge < -0.3 is 5.32 Å². The average molecular weight is 288 g/mol. The number of benzene rings is 1. The second-order valence-corrected chi connectivity index (χ2v) is 7.14. The molecule has 0 aromatic heterocycles. The lowest BCUT2D eigenvalue weighted by molar-refractivity contribution is 0.0862. The molecule has 118 valence electrons. The van der Waals surface area contributed by atoms with Gasteiger partial charge in [0.05, 0.1) is 6.04 Å². The van der Waals surface area contributed by atoms with E-state index in [1.54, 1.807) is 0 Å². The van der Waals surface area contributed by atoms with Gasteiger partial charge in [-0.3, -0.25) is 4.90 Å². The molecule has 0 saturated carbocycles. The fraction of sp³-hybridized carbons (Fsp3) is 0.684. The molecule has 2 nitrogen and oxygen atoms in total. The van der Waals surface area contributed by atoms with Crippen molar-refractivity contribution >= 4 is 0 Å². The van der Waals surface area contributed by atoms with Crippen molar-refractivity contribution in [1.29, 1.82) is 0 Å². The predicted molar refractivity (Wildman–Crippen MR) is 91.8 cm³/mol. The largest absolute Gasteiger partial charge is 0.311 e. The maximum atomic E-state index is 3.60. The van der Waals surface area contributed by atoms with Crippen molar-refractivity contribution in [2.24, 2.45) is 0 Å². The third-order valence-electron chi connectivity index (χ3n) is 5.16. The Labute approximate surface area is 130 Å². The van der Waals surface area contributed by atoms with E-state index < -0.39 is 0 Å². The Kier molecular flexibility index (Phi) is 5.45. The Bertz CT molecular complexity index is 457. The van der Waals surface area contributed by atoms with Crippen molar-refractivity contribution in [3.05, 3.63) is 34.9 Å². The van der Waals surface area contributed by atoms with Crippen molar-refractivity contribution < 1.29 is 0 Å². The SMILES string of the molecule is CNC(c1cc(C)ccc1C)C(C)(C)N1CCCCCC1. The van der Waals surface area contributed by atoms with E-state index in [4.69, 9.17) is 0 Å². The third kappa shape index (κ3) is 3.67. The lowest BCUT2D eigenvalue weighted by Crippen LogP contribution is -2.52. The first-order chi connectivity index (χ1) is 9.96. The Morgan fingerprint density at radius 1 is 1.05 bits per heavy atom. The van der Waals surface area contributed by atoms with Crippen molar-refractivity contribution in [3.63, 3.8) is 0 Å². The molecule has 1 aromatic carbocycles. The van der Waals surface area contributed by atoms with Crippen LogP contribution in [0.2, 0.25) is 0 Å². The lowest BCUT2D eigenvalue weighted by atomic mass is 9.84. The van der Waals surface area contributed by atoms with Crippen molar-refractivity contribution in [3.8, 4) is 0 Å². The Balaban J connectivity index is 2.31. The van der Waals surface area contributed by atoms with Gasteiger partial charge in [0.1, 0.15) is 0 Å². The Morgan fingerprint density at radius 3 is 2.24 bits per heavy atom. The molecule has 1 N–H and O–H groups in total. The normalized spacial score (nSPS) is 19.3. The van der Waals surface area contributed by atoms with Crippen molar-refractivity contribution in [1.82, 2.24) is 10.2 Å². The zero-order valence-corrected chi connectivity index (χ0v) is 14.5. The number of nitrogens with one attached hydrogen (secondary N) is 1. The highest BCUT2D eigenvalue weighted by molar-refractivity contribution is 5.35. The maximum Gasteiger partial charge on any atom is 0.0502 e. The smallest absolute Gasteiger partial charge is 0.0502 e. The molecule has 1 aromatic rings. The van der Waals surface area contributed by atoms with E-state index >= 15 is 0 Å². The molecule has 1 unspecified atom stereocenters. The summed E-state index contributed by atoms with van der Waals surface area (Å²) in [5.41, 5.74) is 4.33. The lowest BCUT2D eigenvalue weighted by Gasteiger charge is -2.44. The van der Waals surface area contributed by atoms with Gasteiger partial charge in [-0.15, -0.1) is 0 Å². The van der Waals surface area contributed by atoms with E-state index in [1.165, 1.54) is 55.5 Å². The topological polar surface area (TPSA) is 15.3 Å². The van der Waals surface area contributed by atoms with E-state index in [1.807, 2.05) is 0 Å². The van der Waals surface area contributed by atoms with Crippen LogP contribution in [0.5, 0.6) is 0 Å². The summed E-state index contributed by atoms with van der Waals surface area (Å²) < 4.78 is 0. The summed E-state index contributed by atoms with van der Waals surface area (Å²) in [5.74, 6) is 0. The first-order valence-electron chi connectivity index (χ1n) is 8.46. The third-order valence-corrected chi connectivity index (χ3v) is 5.16. The molecule has 1 heterocycles. The maximum absolute atomic E-state index is 3.60. The monoisotopic (exact) mass is 288 g/mol. The molecule has 21 heavy (non-hydrogen) atoms. The zero-order valence-electron chi connectivity index (χ0n) is 14.5. The Hall–Kier alpha value is -0.860. The van der Waals surface area contributed by atoms with Crippen LogP contribution in [0.1, 0.15) is 62.3 Å². The second-order valence-electron chi connectivity index (χ2n) is 7.14. The summed E-state index contributed by atoms with van der Waals surface area (Å²) in [6.07, 6.45) is 5.46. The molecule has 0 aliphatic carbocycles. The van der Waals surface area contributed by atoms with Gasteiger partial charge in [0.25, 0.3) is 0 Å². The number of likely N-dealkylation sites (N-methyl/N-ethyl adjacent to an activating group) is 1. The molecular formula is C19H32N2. The molecule has 1 atom stereocenters. The van der Waals surface area contributed by atoms with Crippen LogP contribution >= 0.6 is 0 Å². The molecule has 0 radical (unpaired) electrons. The summed E-state index contributed by atoms with van der Waals surface area (Å²) in [7, 11) is 2.10. The second kappa shape index (κ2) is 6.93. The summed E-state index contributed by atoms with van der Waals surface area (Å²) in [5, 5.41) is 3.60. The zero-order chi connectivity index (χ0) is 15.5. The van der Waals surface area contributed by atoms with Gasteiger partial charge in [-0.05, 0) is 71.8 Å². The highest BCUT2D eigenvalue weighted by Gasteiger charge is 2.36. The highest BCUT2D eigenvalue weighted by atomic mass is 15.2. The number of hydrogen-bond acceptors (Lipinski definition) is 2. The standard InChI is InChI=1S/C19H32N2/c1-15-10-11-16(2)17(14-15)18(20-5)19(3,4)21-12-8-6-7-9-13-21/h10-11,14,18,20H,6-9,12-13H2,1-5H3. The van der Waals surface area contributed by atoms with Gasteiger partial charge in [-0.2, -0.15) is 0 Å². The minimum Gasteiger partial charge on any atom is -0.311 e. The molecule has 1 saturated heterocycles. The van der Waals surface area contributed by atoms with Crippen LogP contribution in [0, 0.1) is 13.8 Å². The summed E-state index contributed by atoms with van der Waals surface area (Å²) in [6.45, 7) is 11.7. The highest BCUT2D eigenvalue weighted by Crippen LogP contribution is 2.34. The molecule has 1 aliphatic heterocycles. The fourth-order valence-electron chi connectivity index (χ4n) is 3.79. The number of likely N-dealkylation sites (tertiary alicyclic amines) is 1. The molecule has 0 amide bonds. The van der Waals surface area contributed by atoms with Gasteiger partial charge in [0, 0.05) is 5.54 Å². The molecule has 2 heteroatoms. The summed E-state index contributed by atoms with van der Waals surface area (Å²) >= 11 is 0. The van der Waals surface area contributed by atoms with Crippen LogP contribution in [0.4, 0.5) is 0 Å². The number of rotatable bonds is 4. The average Bonchev–Trinajstić information content (AvgIpc) is 2.72. The van der Waals surface area contributed by atoms with Gasteiger partial charge in [0.2, 0.25) is 0 Å². The van der Waals surface area contributed by atoms with Crippen LogP contribution < -0.4 is 5.32 Å². The van der Waals surface area contributed by atoms with Crippen LogP contribution in [0.3, 0.4) is 0 Å². The molecule has 1 aliphatic rings. The van der Waals surface area contributed by atoms with E-state index in [2.05, 4.69) is 63.2 Å². The summed E-state index contributed by atoms with van der Waals surface area (Å²) in [4.78, 5) is 2.70. The van der Waals surface area contributed by atoms with E-state index in [9.17, 15) is 0 Å². The minimum atomic E-state index is 0.137. The summed E-state index contributed by atoms with van der Waals surface area (Å²) in [6, 6.07) is 7.20. The predicted octanol–water partition coefficient (Wildman–Crippen LogP) is 4.22. The molecular weight excluding hydrogens is 256 g/mol. The van der Waals surface area contributed by atoms with E-state index in [0.717, 1.165) is 0 Å². The molecule has 0 bridgehead atoms. The van der Waals surface area contributed by atoms with Crippen molar-refractivity contribution in [2.75, 3.05) is 20.1 Å². The van der Waals surface area contributed by atoms with Gasteiger partial charge >= 0.3 is 0 Å². The molecule has 2 rings (SSSR count). The molecule has 1 fully saturated rings. The number of nitrogens with zero attached hydrogens (tertiary/aromatic N) is 1. The van der Waals surface area contributed by atoms with Crippen LogP contribution in [0.15, 0.2) is 18.2 Å². The van der Waals surface area contributed by atoms with E-state index in [0.29, 0.717) is 6.04 Å².